The highest BCUT2D eigenvalue weighted by Crippen LogP contribution is 2.13. The Balaban J connectivity index is 2.50. The summed E-state index contributed by atoms with van der Waals surface area (Å²) < 4.78 is 38.6. The largest absolute Gasteiger partial charge is 0.354 e. The minimum atomic E-state index is -1.62. The lowest BCUT2D eigenvalue weighted by Gasteiger charge is -2.09. The molecule has 2 amide bonds. The fraction of sp³-hybridized carbons (Fsp3) is 0.385. The quantitative estimate of drug-likeness (QED) is 0.639. The van der Waals surface area contributed by atoms with E-state index >= 15 is 0 Å². The summed E-state index contributed by atoms with van der Waals surface area (Å²) in [6.45, 7) is 3.72. The van der Waals surface area contributed by atoms with Crippen LogP contribution in [0.15, 0.2) is 12.1 Å². The lowest BCUT2D eigenvalue weighted by Crippen LogP contribution is -2.36. The standard InChI is InChI=1S/C13H15F3N2O2/c1-7(2)12(19)17-3-4-18-13(20)8-5-9(14)11(16)10(15)6-8/h5-7H,3-4H2,1-2H3,(H,17,19)(H,18,20). The molecular weight excluding hydrogens is 273 g/mol. The van der Waals surface area contributed by atoms with Gasteiger partial charge in [-0.1, -0.05) is 13.8 Å². The molecule has 110 valence electrons. The zero-order valence-electron chi connectivity index (χ0n) is 11.1. The van der Waals surface area contributed by atoms with Gasteiger partial charge in [-0.3, -0.25) is 9.59 Å². The smallest absolute Gasteiger partial charge is 0.251 e. The van der Waals surface area contributed by atoms with Crippen LogP contribution in [0.1, 0.15) is 24.2 Å². The number of benzene rings is 1. The van der Waals surface area contributed by atoms with Gasteiger partial charge in [-0.2, -0.15) is 0 Å². The molecule has 0 unspecified atom stereocenters. The number of carbonyl (C=O) groups is 2. The third-order valence-corrected chi connectivity index (χ3v) is 2.48. The molecule has 0 aromatic heterocycles. The van der Waals surface area contributed by atoms with Gasteiger partial charge >= 0.3 is 0 Å². The number of rotatable bonds is 5. The van der Waals surface area contributed by atoms with Crippen LogP contribution in [0.25, 0.3) is 0 Å². The predicted molar refractivity (Wildman–Crippen MR) is 66.5 cm³/mol. The average Bonchev–Trinajstić information content (AvgIpc) is 2.39. The Labute approximate surface area is 114 Å². The molecule has 0 radical (unpaired) electrons. The van der Waals surface area contributed by atoms with Crippen molar-refractivity contribution >= 4 is 11.8 Å². The Bertz CT molecular complexity index is 495. The molecule has 2 N–H and O–H groups in total. The number of hydrogen-bond acceptors (Lipinski definition) is 2. The van der Waals surface area contributed by atoms with E-state index in [2.05, 4.69) is 10.6 Å². The van der Waals surface area contributed by atoms with Gasteiger partial charge in [0.05, 0.1) is 0 Å². The highest BCUT2D eigenvalue weighted by Gasteiger charge is 2.14. The fourth-order valence-electron chi connectivity index (χ4n) is 1.35. The Morgan fingerprint density at radius 2 is 1.55 bits per heavy atom. The van der Waals surface area contributed by atoms with Crippen molar-refractivity contribution in [1.82, 2.24) is 10.6 Å². The van der Waals surface area contributed by atoms with E-state index in [-0.39, 0.29) is 30.5 Å². The minimum absolute atomic E-state index is 0.0951. The van der Waals surface area contributed by atoms with Crippen molar-refractivity contribution in [2.75, 3.05) is 13.1 Å². The maximum absolute atomic E-state index is 12.9. The molecule has 0 fully saturated rings. The van der Waals surface area contributed by atoms with Crippen molar-refractivity contribution in [3.8, 4) is 0 Å². The highest BCUT2D eigenvalue weighted by molar-refractivity contribution is 5.94. The van der Waals surface area contributed by atoms with E-state index in [9.17, 15) is 22.8 Å². The Hall–Kier alpha value is -2.05. The van der Waals surface area contributed by atoms with Gasteiger partial charge in [0.1, 0.15) is 0 Å². The maximum atomic E-state index is 12.9. The van der Waals surface area contributed by atoms with Gasteiger partial charge in [0.25, 0.3) is 5.91 Å². The van der Waals surface area contributed by atoms with Crippen molar-refractivity contribution in [1.29, 1.82) is 0 Å². The van der Waals surface area contributed by atoms with Crippen LogP contribution < -0.4 is 10.6 Å². The van der Waals surface area contributed by atoms with E-state index in [1.165, 1.54) is 0 Å². The third-order valence-electron chi connectivity index (χ3n) is 2.48. The van der Waals surface area contributed by atoms with E-state index in [1.54, 1.807) is 13.8 Å². The van der Waals surface area contributed by atoms with E-state index in [1.807, 2.05) is 0 Å². The van der Waals surface area contributed by atoms with Crippen LogP contribution in [0.3, 0.4) is 0 Å². The monoisotopic (exact) mass is 288 g/mol. The molecule has 1 aromatic rings. The van der Waals surface area contributed by atoms with Crippen LogP contribution in [0, 0.1) is 23.4 Å². The molecule has 0 saturated carbocycles. The molecule has 0 saturated heterocycles. The Morgan fingerprint density at radius 3 is 2.05 bits per heavy atom. The van der Waals surface area contributed by atoms with E-state index in [0.29, 0.717) is 12.1 Å². The summed E-state index contributed by atoms with van der Waals surface area (Å²) in [6, 6.07) is 1.22. The van der Waals surface area contributed by atoms with Gasteiger partial charge in [-0.25, -0.2) is 13.2 Å². The fourth-order valence-corrected chi connectivity index (χ4v) is 1.35. The summed E-state index contributed by atoms with van der Waals surface area (Å²) >= 11 is 0. The van der Waals surface area contributed by atoms with Crippen LogP contribution in [-0.4, -0.2) is 24.9 Å². The first kappa shape index (κ1) is 16.0. The van der Waals surface area contributed by atoms with Gasteiger partial charge in [0.2, 0.25) is 5.91 Å². The van der Waals surface area contributed by atoms with E-state index in [4.69, 9.17) is 0 Å². The number of halogens is 3. The van der Waals surface area contributed by atoms with Crippen molar-refractivity contribution in [3.63, 3.8) is 0 Å². The summed E-state index contributed by atoms with van der Waals surface area (Å²) in [6.07, 6.45) is 0. The second-order valence-corrected chi connectivity index (χ2v) is 4.46. The van der Waals surface area contributed by atoms with E-state index < -0.39 is 23.4 Å². The maximum Gasteiger partial charge on any atom is 0.251 e. The highest BCUT2D eigenvalue weighted by atomic mass is 19.2. The lowest BCUT2D eigenvalue weighted by atomic mass is 10.2. The molecular formula is C13H15F3N2O2. The number of nitrogens with one attached hydrogen (secondary N) is 2. The molecule has 0 aliphatic carbocycles. The minimum Gasteiger partial charge on any atom is -0.354 e. The number of hydrogen-bond donors (Lipinski definition) is 2. The van der Waals surface area contributed by atoms with Crippen molar-refractivity contribution < 1.29 is 22.8 Å². The third kappa shape index (κ3) is 4.25. The molecule has 0 bridgehead atoms. The van der Waals surface area contributed by atoms with Gasteiger partial charge in [-0.05, 0) is 12.1 Å². The topological polar surface area (TPSA) is 58.2 Å². The second-order valence-electron chi connectivity index (χ2n) is 4.46. The zero-order chi connectivity index (χ0) is 15.3. The van der Waals surface area contributed by atoms with Crippen LogP contribution >= 0.6 is 0 Å². The zero-order valence-corrected chi connectivity index (χ0v) is 11.1. The normalized spacial score (nSPS) is 10.5. The molecule has 0 heterocycles. The SMILES string of the molecule is CC(C)C(=O)NCCNC(=O)c1cc(F)c(F)c(F)c1. The van der Waals surface area contributed by atoms with Crippen LogP contribution in [0.2, 0.25) is 0 Å². The van der Waals surface area contributed by atoms with Gasteiger partial charge in [0.15, 0.2) is 17.5 Å². The van der Waals surface area contributed by atoms with Crippen LogP contribution in [-0.2, 0) is 4.79 Å². The van der Waals surface area contributed by atoms with E-state index in [0.717, 1.165) is 0 Å². The molecule has 0 atom stereocenters. The second kappa shape index (κ2) is 6.93. The summed E-state index contributed by atoms with van der Waals surface area (Å²) in [5.74, 6) is -5.57. The molecule has 1 aromatic carbocycles. The van der Waals surface area contributed by atoms with Crippen LogP contribution in [0.5, 0.6) is 0 Å². The van der Waals surface area contributed by atoms with Gasteiger partial charge in [-0.15, -0.1) is 0 Å². The molecule has 7 heteroatoms. The Morgan fingerprint density at radius 1 is 1.05 bits per heavy atom. The molecule has 0 aliphatic heterocycles. The molecule has 0 aliphatic rings. The first-order valence-electron chi connectivity index (χ1n) is 6.03. The first-order chi connectivity index (χ1) is 9.32. The summed E-state index contributed by atoms with van der Waals surface area (Å²) in [5.41, 5.74) is -0.323. The molecule has 4 nitrogen and oxygen atoms in total. The summed E-state index contributed by atoms with van der Waals surface area (Å²) in [5, 5.41) is 4.92. The predicted octanol–water partition coefficient (Wildman–Crippen LogP) is 1.61. The van der Waals surface area contributed by atoms with Gasteiger partial charge < -0.3 is 10.6 Å². The molecule has 20 heavy (non-hydrogen) atoms. The first-order valence-corrected chi connectivity index (χ1v) is 6.03. The van der Waals surface area contributed by atoms with Gasteiger partial charge in [0, 0.05) is 24.6 Å². The lowest BCUT2D eigenvalue weighted by molar-refractivity contribution is -0.123. The number of carbonyl (C=O) groups excluding carboxylic acids is 2. The molecule has 1 rings (SSSR count). The van der Waals surface area contributed by atoms with Crippen molar-refractivity contribution in [2.24, 2.45) is 5.92 Å². The summed E-state index contributed by atoms with van der Waals surface area (Å²) in [4.78, 5) is 22.8. The average molecular weight is 288 g/mol. The van der Waals surface area contributed by atoms with Crippen molar-refractivity contribution in [3.05, 3.63) is 35.1 Å². The number of amides is 2. The molecule has 0 spiro atoms. The summed E-state index contributed by atoms with van der Waals surface area (Å²) in [7, 11) is 0. The van der Waals surface area contributed by atoms with Crippen molar-refractivity contribution in [2.45, 2.75) is 13.8 Å². The Kier molecular flexibility index (Phi) is 5.54. The van der Waals surface area contributed by atoms with Crippen LogP contribution in [0.4, 0.5) is 13.2 Å².